The number of likely N-dealkylation sites (tertiary alicyclic amines) is 1. The molecule has 0 radical (unpaired) electrons. The van der Waals surface area contributed by atoms with Crippen molar-refractivity contribution in [1.29, 1.82) is 0 Å². The summed E-state index contributed by atoms with van der Waals surface area (Å²) in [5, 5.41) is 9.53. The normalized spacial score (nSPS) is 17.3. The standard InChI is InChI=1S/C23H28FN5O3S/c1-33(2,31)28-17-12-19(24)22-20(26-15-27-21(22)13-17)11-16-5-3-7-25-23(16)32-18-6-4-8-29(14-18)9-10-30/h3,5,7,12-13,15,18,30H,4,6,8-11,14H2,1-2H3/t18-/m1/s1. The summed E-state index contributed by atoms with van der Waals surface area (Å²) in [6, 6.07) is 6.60. The fourth-order valence-corrected chi connectivity index (χ4v) is 4.70. The first kappa shape index (κ1) is 23.5. The van der Waals surface area contributed by atoms with E-state index in [-0.39, 0.29) is 18.4 Å². The summed E-state index contributed by atoms with van der Waals surface area (Å²) in [5.74, 6) is -0.00683. The van der Waals surface area contributed by atoms with E-state index in [0.717, 1.165) is 31.5 Å². The van der Waals surface area contributed by atoms with Crippen LogP contribution < -0.4 is 4.74 Å². The average molecular weight is 474 g/mol. The van der Waals surface area contributed by atoms with Crippen molar-refractivity contribution < 1.29 is 18.4 Å². The molecule has 1 aromatic carbocycles. The van der Waals surface area contributed by atoms with Gasteiger partial charge in [-0.05, 0) is 31.5 Å². The molecule has 33 heavy (non-hydrogen) atoms. The number of aliphatic hydroxyl groups is 1. The lowest BCUT2D eigenvalue weighted by molar-refractivity contribution is 0.0732. The molecule has 8 nitrogen and oxygen atoms in total. The second-order valence-corrected chi connectivity index (χ2v) is 11.0. The molecule has 0 bridgehead atoms. The second kappa shape index (κ2) is 10.1. The Morgan fingerprint density at radius 1 is 1.30 bits per heavy atom. The third-order valence-electron chi connectivity index (χ3n) is 5.44. The first-order valence-corrected chi connectivity index (χ1v) is 13.2. The zero-order valence-electron chi connectivity index (χ0n) is 18.8. The van der Waals surface area contributed by atoms with Gasteiger partial charge in [0.25, 0.3) is 0 Å². The van der Waals surface area contributed by atoms with Gasteiger partial charge in [0.2, 0.25) is 5.88 Å². The van der Waals surface area contributed by atoms with Gasteiger partial charge in [-0.15, -0.1) is 0 Å². The smallest absolute Gasteiger partial charge is 0.217 e. The van der Waals surface area contributed by atoms with Crippen LogP contribution in [0.4, 0.5) is 10.1 Å². The molecule has 176 valence electrons. The fourth-order valence-electron chi connectivity index (χ4n) is 4.09. The van der Waals surface area contributed by atoms with Gasteiger partial charge in [-0.1, -0.05) is 6.07 Å². The van der Waals surface area contributed by atoms with Crippen molar-refractivity contribution in [2.75, 3.05) is 38.8 Å². The van der Waals surface area contributed by atoms with Gasteiger partial charge < -0.3 is 9.84 Å². The molecule has 0 saturated carbocycles. The molecule has 1 saturated heterocycles. The Morgan fingerprint density at radius 3 is 2.94 bits per heavy atom. The minimum Gasteiger partial charge on any atom is -0.473 e. The highest BCUT2D eigenvalue weighted by molar-refractivity contribution is 7.92. The van der Waals surface area contributed by atoms with Crippen LogP contribution in [0.15, 0.2) is 41.2 Å². The highest BCUT2D eigenvalue weighted by Crippen LogP contribution is 2.29. The zero-order chi connectivity index (χ0) is 23.4. The average Bonchev–Trinajstić information content (AvgIpc) is 2.74. The maximum absolute atomic E-state index is 15.1. The molecule has 1 aliphatic rings. The zero-order valence-corrected chi connectivity index (χ0v) is 19.6. The molecule has 0 spiro atoms. The van der Waals surface area contributed by atoms with Crippen LogP contribution in [0, 0.1) is 5.82 Å². The number of rotatable bonds is 7. The number of aliphatic hydroxyl groups excluding tert-OH is 1. The van der Waals surface area contributed by atoms with Crippen molar-refractivity contribution in [3.05, 3.63) is 53.9 Å². The predicted molar refractivity (Wildman–Crippen MR) is 126 cm³/mol. The summed E-state index contributed by atoms with van der Waals surface area (Å²) >= 11 is 0. The highest BCUT2D eigenvalue weighted by atomic mass is 32.2. The number of ether oxygens (including phenoxy) is 1. The number of fused-ring (bicyclic) bond motifs is 1. The van der Waals surface area contributed by atoms with Gasteiger partial charge in [-0.2, -0.15) is 4.36 Å². The molecule has 1 atom stereocenters. The molecule has 3 heterocycles. The van der Waals surface area contributed by atoms with E-state index in [4.69, 9.17) is 4.74 Å². The van der Waals surface area contributed by atoms with Gasteiger partial charge >= 0.3 is 0 Å². The quantitative estimate of drug-likeness (QED) is 0.563. The van der Waals surface area contributed by atoms with E-state index in [0.29, 0.717) is 35.4 Å². The Kier molecular flexibility index (Phi) is 7.16. The third kappa shape index (κ3) is 6.01. The summed E-state index contributed by atoms with van der Waals surface area (Å²) in [7, 11) is -2.43. The van der Waals surface area contributed by atoms with Gasteiger partial charge in [-0.25, -0.2) is 23.6 Å². The van der Waals surface area contributed by atoms with Gasteiger partial charge in [0.05, 0.1) is 28.9 Å². The molecular weight excluding hydrogens is 445 g/mol. The minimum absolute atomic E-state index is 0.0278. The number of halogens is 1. The van der Waals surface area contributed by atoms with Crippen LogP contribution in [-0.2, 0) is 16.1 Å². The summed E-state index contributed by atoms with van der Waals surface area (Å²) in [6.07, 6.45) is 8.26. The second-order valence-electron chi connectivity index (χ2n) is 8.47. The van der Waals surface area contributed by atoms with Crippen molar-refractivity contribution in [3.8, 4) is 5.88 Å². The van der Waals surface area contributed by atoms with Gasteiger partial charge in [-0.3, -0.25) is 4.90 Å². The Morgan fingerprint density at radius 2 is 2.15 bits per heavy atom. The number of hydrogen-bond acceptors (Lipinski definition) is 8. The Labute approximate surface area is 193 Å². The van der Waals surface area contributed by atoms with Crippen LogP contribution in [-0.4, -0.2) is 74.0 Å². The minimum atomic E-state index is -2.43. The first-order valence-electron chi connectivity index (χ1n) is 10.9. The number of β-amino-alcohol motifs (C(OH)–C–C–N with tert-alkyl or cyclic N) is 1. The number of pyridine rings is 1. The summed E-state index contributed by atoms with van der Waals surface area (Å²) in [6.45, 7) is 2.42. The summed E-state index contributed by atoms with van der Waals surface area (Å²) in [4.78, 5) is 15.1. The van der Waals surface area contributed by atoms with Crippen LogP contribution in [0.3, 0.4) is 0 Å². The van der Waals surface area contributed by atoms with E-state index < -0.39 is 15.5 Å². The molecule has 0 unspecified atom stereocenters. The summed E-state index contributed by atoms with van der Waals surface area (Å²) in [5.41, 5.74) is 2.01. The summed E-state index contributed by atoms with van der Waals surface area (Å²) < 4.78 is 37.4. The molecule has 1 aliphatic heterocycles. The predicted octanol–water partition coefficient (Wildman–Crippen LogP) is 2.95. The number of nitrogens with zero attached hydrogens (tertiary/aromatic N) is 5. The van der Waals surface area contributed by atoms with Crippen molar-refractivity contribution in [2.24, 2.45) is 4.36 Å². The third-order valence-corrected chi connectivity index (χ3v) is 6.09. The van der Waals surface area contributed by atoms with Crippen LogP contribution in [0.2, 0.25) is 0 Å². The lowest BCUT2D eigenvalue weighted by Gasteiger charge is -2.32. The molecule has 0 amide bonds. The number of benzene rings is 1. The van der Waals surface area contributed by atoms with Crippen molar-refractivity contribution >= 4 is 26.3 Å². The molecular formula is C23H28FN5O3S. The maximum Gasteiger partial charge on any atom is 0.217 e. The van der Waals surface area contributed by atoms with E-state index >= 15 is 4.39 Å². The molecule has 4 rings (SSSR count). The molecule has 1 fully saturated rings. The SMILES string of the molecule is CS(C)(=O)=Nc1cc(F)c2c(Cc3cccnc3O[C@@H]3CCCN(CCO)C3)ncnc2c1. The molecule has 1 N–H and O–H groups in total. The molecule has 10 heteroatoms. The Hall–Kier alpha value is -2.69. The lowest BCUT2D eigenvalue weighted by Crippen LogP contribution is -2.42. The van der Waals surface area contributed by atoms with Crippen molar-refractivity contribution in [1.82, 2.24) is 19.9 Å². The largest absolute Gasteiger partial charge is 0.473 e. The number of hydrogen-bond donors (Lipinski definition) is 1. The molecule has 3 aromatic rings. The number of aromatic nitrogens is 3. The van der Waals surface area contributed by atoms with Crippen LogP contribution in [0.25, 0.3) is 10.9 Å². The fraction of sp³-hybridized carbons (Fsp3) is 0.435. The Bertz CT molecular complexity index is 1250. The van der Waals surface area contributed by atoms with E-state index in [2.05, 4.69) is 24.2 Å². The topological polar surface area (TPSA) is 101 Å². The Balaban J connectivity index is 1.62. The van der Waals surface area contributed by atoms with Gasteiger partial charge in [0.15, 0.2) is 0 Å². The first-order chi connectivity index (χ1) is 15.8. The van der Waals surface area contributed by atoms with Crippen molar-refractivity contribution in [3.63, 3.8) is 0 Å². The van der Waals surface area contributed by atoms with Crippen LogP contribution >= 0.6 is 0 Å². The lowest BCUT2D eigenvalue weighted by atomic mass is 10.1. The van der Waals surface area contributed by atoms with E-state index in [9.17, 15) is 9.32 Å². The maximum atomic E-state index is 15.1. The molecule has 2 aromatic heterocycles. The highest BCUT2D eigenvalue weighted by Gasteiger charge is 2.23. The van der Waals surface area contributed by atoms with Crippen molar-refractivity contribution in [2.45, 2.75) is 25.4 Å². The van der Waals surface area contributed by atoms with E-state index in [1.807, 2.05) is 12.1 Å². The van der Waals surface area contributed by atoms with E-state index in [1.54, 1.807) is 12.3 Å². The number of piperidine rings is 1. The van der Waals surface area contributed by atoms with Gasteiger partial charge in [0, 0.05) is 59.6 Å². The van der Waals surface area contributed by atoms with Crippen LogP contribution in [0.1, 0.15) is 24.1 Å². The molecule has 0 aliphatic carbocycles. The monoisotopic (exact) mass is 473 g/mol. The van der Waals surface area contributed by atoms with Gasteiger partial charge in [0.1, 0.15) is 18.2 Å². The van der Waals surface area contributed by atoms with E-state index in [1.165, 1.54) is 24.9 Å². The van der Waals surface area contributed by atoms with Crippen LogP contribution in [0.5, 0.6) is 5.88 Å².